The smallest absolute Gasteiger partial charge is 0.163 e. The Balaban J connectivity index is 2.01. The van der Waals surface area contributed by atoms with E-state index in [2.05, 4.69) is 20.1 Å². The minimum absolute atomic E-state index is 0.431. The summed E-state index contributed by atoms with van der Waals surface area (Å²) in [6, 6.07) is 7.77. The number of hydrogen-bond donors (Lipinski definition) is 1. The first-order chi connectivity index (χ1) is 10.3. The summed E-state index contributed by atoms with van der Waals surface area (Å²) in [6.07, 6.45) is 2.16. The molecule has 0 unspecified atom stereocenters. The zero-order chi connectivity index (χ0) is 14.7. The normalized spacial score (nSPS) is 16.3. The molecule has 1 fully saturated rings. The highest BCUT2D eigenvalue weighted by Gasteiger charge is 2.23. The average Bonchev–Trinajstić information content (AvgIpc) is 2.93. The lowest BCUT2D eigenvalue weighted by atomic mass is 9.97. The second kappa shape index (κ2) is 6.56. The van der Waals surface area contributed by atoms with Crippen LogP contribution in [0.5, 0.6) is 0 Å². The Kier molecular flexibility index (Phi) is 4.53. The maximum Gasteiger partial charge on any atom is 0.163 e. The minimum atomic E-state index is 0.431. The van der Waals surface area contributed by atoms with Gasteiger partial charge in [-0.15, -0.1) is 10.2 Å². The topological polar surface area (TPSA) is 52.0 Å². The van der Waals surface area contributed by atoms with Crippen LogP contribution in [0.2, 0.25) is 5.02 Å². The van der Waals surface area contributed by atoms with Crippen LogP contribution >= 0.6 is 11.6 Å². The summed E-state index contributed by atoms with van der Waals surface area (Å²) in [5.41, 5.74) is 1.03. The number of methoxy groups -OCH3 is 1. The van der Waals surface area contributed by atoms with Gasteiger partial charge in [-0.2, -0.15) is 0 Å². The molecule has 21 heavy (non-hydrogen) atoms. The number of benzene rings is 1. The van der Waals surface area contributed by atoms with Gasteiger partial charge in [0.05, 0.1) is 0 Å². The first-order valence-electron chi connectivity index (χ1n) is 7.19. The Morgan fingerprint density at radius 2 is 1.95 bits per heavy atom. The van der Waals surface area contributed by atoms with Crippen LogP contribution in [0, 0.1) is 0 Å². The number of nitrogens with one attached hydrogen (secondary N) is 1. The number of nitrogens with zero attached hydrogens (tertiary/aromatic N) is 3. The zero-order valence-electron chi connectivity index (χ0n) is 12.1. The van der Waals surface area contributed by atoms with Crippen LogP contribution in [0.1, 0.15) is 30.4 Å². The number of aromatic nitrogens is 3. The number of piperidine rings is 1. The summed E-state index contributed by atoms with van der Waals surface area (Å²) >= 11 is 5.99. The molecule has 0 saturated carbocycles. The predicted molar refractivity (Wildman–Crippen MR) is 81.9 cm³/mol. The maximum absolute atomic E-state index is 5.99. The highest BCUT2D eigenvalue weighted by molar-refractivity contribution is 6.30. The van der Waals surface area contributed by atoms with Gasteiger partial charge in [-0.3, -0.25) is 4.57 Å². The van der Waals surface area contributed by atoms with Crippen LogP contribution < -0.4 is 5.32 Å². The minimum Gasteiger partial charge on any atom is -0.377 e. The van der Waals surface area contributed by atoms with Crippen LogP contribution in [0.4, 0.5) is 0 Å². The Bertz CT molecular complexity index is 590. The van der Waals surface area contributed by atoms with E-state index in [0.717, 1.165) is 48.3 Å². The number of rotatable bonds is 4. The van der Waals surface area contributed by atoms with Gasteiger partial charge in [-0.05, 0) is 50.2 Å². The molecule has 1 saturated heterocycles. The van der Waals surface area contributed by atoms with Crippen molar-refractivity contribution in [1.82, 2.24) is 20.1 Å². The van der Waals surface area contributed by atoms with Crippen LogP contribution in [0.3, 0.4) is 0 Å². The van der Waals surface area contributed by atoms with Crippen molar-refractivity contribution in [2.24, 2.45) is 0 Å². The molecule has 6 heteroatoms. The SMILES string of the molecule is COCc1nnc(C2CCNCC2)n1-c1ccc(Cl)cc1. The second-order valence-electron chi connectivity index (χ2n) is 5.24. The number of halogens is 1. The van der Waals surface area contributed by atoms with E-state index in [1.807, 2.05) is 24.3 Å². The summed E-state index contributed by atoms with van der Waals surface area (Å²) in [7, 11) is 1.67. The largest absolute Gasteiger partial charge is 0.377 e. The lowest BCUT2D eigenvalue weighted by molar-refractivity contribution is 0.176. The van der Waals surface area contributed by atoms with Crippen LogP contribution in [0.15, 0.2) is 24.3 Å². The van der Waals surface area contributed by atoms with Gasteiger partial charge in [0.1, 0.15) is 12.4 Å². The van der Waals surface area contributed by atoms with Gasteiger partial charge in [-0.1, -0.05) is 11.6 Å². The average molecular weight is 307 g/mol. The fourth-order valence-corrected chi connectivity index (χ4v) is 2.89. The first kappa shape index (κ1) is 14.5. The van der Waals surface area contributed by atoms with Crippen molar-refractivity contribution in [3.63, 3.8) is 0 Å². The van der Waals surface area contributed by atoms with E-state index in [4.69, 9.17) is 16.3 Å². The van der Waals surface area contributed by atoms with Crippen molar-refractivity contribution >= 4 is 11.6 Å². The Morgan fingerprint density at radius 1 is 1.24 bits per heavy atom. The third-order valence-electron chi connectivity index (χ3n) is 3.82. The van der Waals surface area contributed by atoms with Crippen molar-refractivity contribution < 1.29 is 4.74 Å². The third-order valence-corrected chi connectivity index (χ3v) is 4.07. The van der Waals surface area contributed by atoms with Gasteiger partial charge < -0.3 is 10.1 Å². The molecule has 1 aromatic heterocycles. The Hall–Kier alpha value is -1.43. The molecule has 2 aromatic rings. The molecule has 112 valence electrons. The van der Waals surface area contributed by atoms with Gasteiger partial charge in [0.15, 0.2) is 5.82 Å². The van der Waals surface area contributed by atoms with Gasteiger partial charge in [0.25, 0.3) is 0 Å². The molecule has 0 aliphatic carbocycles. The van der Waals surface area contributed by atoms with E-state index in [9.17, 15) is 0 Å². The molecule has 1 aliphatic heterocycles. The highest BCUT2D eigenvalue weighted by Crippen LogP contribution is 2.27. The lowest BCUT2D eigenvalue weighted by Crippen LogP contribution is -2.28. The molecule has 3 rings (SSSR count). The van der Waals surface area contributed by atoms with E-state index in [1.165, 1.54) is 0 Å². The molecule has 0 radical (unpaired) electrons. The van der Waals surface area contributed by atoms with Crippen molar-refractivity contribution in [2.75, 3.05) is 20.2 Å². The van der Waals surface area contributed by atoms with Crippen molar-refractivity contribution in [3.05, 3.63) is 40.9 Å². The summed E-state index contributed by atoms with van der Waals surface area (Å²) in [5, 5.41) is 12.9. The Morgan fingerprint density at radius 3 is 2.62 bits per heavy atom. The molecule has 0 amide bonds. The molecule has 0 bridgehead atoms. The van der Waals surface area contributed by atoms with E-state index in [0.29, 0.717) is 12.5 Å². The predicted octanol–water partition coefficient (Wildman–Crippen LogP) is 2.53. The highest BCUT2D eigenvalue weighted by atomic mass is 35.5. The third kappa shape index (κ3) is 3.10. The van der Waals surface area contributed by atoms with E-state index < -0.39 is 0 Å². The zero-order valence-corrected chi connectivity index (χ0v) is 12.8. The van der Waals surface area contributed by atoms with Crippen LogP contribution in [-0.4, -0.2) is 35.0 Å². The molecule has 1 aliphatic rings. The molecular weight excluding hydrogens is 288 g/mol. The summed E-state index contributed by atoms with van der Waals surface area (Å²) in [4.78, 5) is 0. The lowest BCUT2D eigenvalue weighted by Gasteiger charge is -2.23. The number of hydrogen-bond acceptors (Lipinski definition) is 4. The van der Waals surface area contributed by atoms with E-state index in [-0.39, 0.29) is 0 Å². The van der Waals surface area contributed by atoms with Crippen molar-refractivity contribution in [3.8, 4) is 5.69 Å². The quantitative estimate of drug-likeness (QED) is 0.943. The molecule has 0 atom stereocenters. The molecular formula is C15H19ClN4O. The fraction of sp³-hybridized carbons (Fsp3) is 0.467. The fourth-order valence-electron chi connectivity index (χ4n) is 2.77. The molecule has 1 N–H and O–H groups in total. The second-order valence-corrected chi connectivity index (χ2v) is 5.68. The van der Waals surface area contributed by atoms with E-state index >= 15 is 0 Å². The maximum atomic E-state index is 5.99. The summed E-state index contributed by atoms with van der Waals surface area (Å²) < 4.78 is 7.36. The van der Waals surface area contributed by atoms with Gasteiger partial charge in [0.2, 0.25) is 0 Å². The summed E-state index contributed by atoms with van der Waals surface area (Å²) in [5.74, 6) is 2.28. The Labute approximate surface area is 129 Å². The van der Waals surface area contributed by atoms with Gasteiger partial charge in [0, 0.05) is 23.7 Å². The van der Waals surface area contributed by atoms with Gasteiger partial charge >= 0.3 is 0 Å². The molecule has 0 spiro atoms. The summed E-state index contributed by atoms with van der Waals surface area (Å²) in [6.45, 7) is 2.50. The molecule has 5 nitrogen and oxygen atoms in total. The number of ether oxygens (including phenoxy) is 1. The molecule has 2 heterocycles. The van der Waals surface area contributed by atoms with Crippen molar-refractivity contribution in [1.29, 1.82) is 0 Å². The first-order valence-corrected chi connectivity index (χ1v) is 7.57. The monoisotopic (exact) mass is 306 g/mol. The van der Waals surface area contributed by atoms with Crippen LogP contribution in [-0.2, 0) is 11.3 Å². The van der Waals surface area contributed by atoms with E-state index in [1.54, 1.807) is 7.11 Å². The van der Waals surface area contributed by atoms with Crippen molar-refractivity contribution in [2.45, 2.75) is 25.4 Å². The van der Waals surface area contributed by atoms with Gasteiger partial charge in [-0.25, -0.2) is 0 Å². The molecule has 1 aromatic carbocycles. The van der Waals surface area contributed by atoms with Crippen LogP contribution in [0.25, 0.3) is 5.69 Å². The standard InChI is InChI=1S/C15H19ClN4O/c1-21-10-14-18-19-15(11-6-8-17-9-7-11)20(14)13-4-2-12(16)3-5-13/h2-5,11,17H,6-10H2,1H3.